The molecule has 0 heterocycles. The van der Waals surface area contributed by atoms with Gasteiger partial charge in [-0.05, 0) is 46.4 Å². The van der Waals surface area contributed by atoms with Crippen LogP contribution in [0, 0.1) is 5.41 Å². The van der Waals surface area contributed by atoms with Gasteiger partial charge in [0.25, 0.3) is 0 Å². The molecule has 0 N–H and O–H groups in total. The second-order valence-electron chi connectivity index (χ2n) is 5.92. The Kier molecular flexibility index (Phi) is 1.69. The Balaban J connectivity index is 2.11. The summed E-state index contributed by atoms with van der Waals surface area (Å²) in [5.74, 6) is 0.619. The highest BCUT2D eigenvalue weighted by Crippen LogP contribution is 2.40. The molecule has 1 aromatic carbocycles. The minimum atomic E-state index is 0.477. The van der Waals surface area contributed by atoms with Gasteiger partial charge in [-0.3, -0.25) is 0 Å². The van der Waals surface area contributed by atoms with Crippen molar-refractivity contribution in [2.45, 2.75) is 39.5 Å². The number of fused-ring (bicyclic) bond motifs is 2. The molecule has 0 saturated carbocycles. The molecule has 0 radical (unpaired) electrons. The van der Waals surface area contributed by atoms with Crippen LogP contribution in [-0.4, -0.2) is 0 Å². The maximum atomic E-state index is 2.45. The van der Waals surface area contributed by atoms with Crippen LogP contribution in [0.5, 0.6) is 0 Å². The Morgan fingerprint density at radius 3 is 2.53 bits per heavy atom. The van der Waals surface area contributed by atoms with Crippen LogP contribution < -0.4 is 0 Å². The van der Waals surface area contributed by atoms with Gasteiger partial charge < -0.3 is 0 Å². The lowest BCUT2D eigenvalue weighted by molar-refractivity contribution is 0.392. The van der Waals surface area contributed by atoms with E-state index in [0.717, 1.165) is 0 Å². The second-order valence-corrected chi connectivity index (χ2v) is 5.92. The normalized spacial score (nSPS) is 25.4. The second kappa shape index (κ2) is 2.75. The van der Waals surface area contributed by atoms with Crippen molar-refractivity contribution in [3.8, 4) is 0 Å². The molecule has 0 fully saturated rings. The fourth-order valence-corrected chi connectivity index (χ4v) is 3.04. The monoisotopic (exact) mass is 198 g/mol. The molecule has 2 aliphatic carbocycles. The summed E-state index contributed by atoms with van der Waals surface area (Å²) in [6, 6.07) is 4.86. The van der Waals surface area contributed by atoms with Crippen molar-refractivity contribution in [1.29, 1.82) is 0 Å². The van der Waals surface area contributed by atoms with Crippen LogP contribution in [0.25, 0.3) is 6.08 Å². The zero-order valence-electron chi connectivity index (χ0n) is 9.80. The molecule has 0 nitrogen and oxygen atoms in total. The third kappa shape index (κ3) is 1.35. The molecule has 0 saturated heterocycles. The highest BCUT2D eigenvalue weighted by Gasteiger charge is 2.29. The van der Waals surface area contributed by atoms with Crippen LogP contribution in [0.3, 0.4) is 0 Å². The van der Waals surface area contributed by atoms with E-state index in [-0.39, 0.29) is 0 Å². The molecule has 0 amide bonds. The minimum absolute atomic E-state index is 0.477. The summed E-state index contributed by atoms with van der Waals surface area (Å²) < 4.78 is 0. The molecule has 1 atom stereocenters. The molecule has 2 aliphatic rings. The maximum absolute atomic E-state index is 2.45. The summed E-state index contributed by atoms with van der Waals surface area (Å²) in [5.41, 5.74) is 6.64. The summed E-state index contributed by atoms with van der Waals surface area (Å²) in [5, 5.41) is 0. The molecule has 1 aromatic rings. The van der Waals surface area contributed by atoms with Gasteiger partial charge in [-0.25, -0.2) is 0 Å². The fourth-order valence-electron chi connectivity index (χ4n) is 3.04. The average Bonchev–Trinajstić information content (AvgIpc) is 2.62. The van der Waals surface area contributed by atoms with Crippen molar-refractivity contribution in [2.24, 2.45) is 5.41 Å². The maximum Gasteiger partial charge on any atom is -0.000107 e. The molecule has 0 aromatic heterocycles. The number of rotatable bonds is 0. The van der Waals surface area contributed by atoms with Crippen molar-refractivity contribution in [2.75, 3.05) is 0 Å². The summed E-state index contributed by atoms with van der Waals surface area (Å²) in [6.07, 6.45) is 7.09. The molecule has 15 heavy (non-hydrogen) atoms. The quantitative estimate of drug-likeness (QED) is 0.592. The Labute approximate surface area is 92.0 Å². The van der Waals surface area contributed by atoms with Crippen LogP contribution in [-0.2, 0) is 12.8 Å². The highest BCUT2D eigenvalue weighted by molar-refractivity contribution is 5.64. The molecular weight excluding hydrogens is 180 g/mol. The van der Waals surface area contributed by atoms with Gasteiger partial charge in [-0.1, -0.05) is 45.1 Å². The van der Waals surface area contributed by atoms with Gasteiger partial charge in [0, 0.05) is 0 Å². The third-order valence-electron chi connectivity index (χ3n) is 3.80. The zero-order valence-corrected chi connectivity index (χ0v) is 9.80. The van der Waals surface area contributed by atoms with E-state index in [4.69, 9.17) is 0 Å². The van der Waals surface area contributed by atoms with Gasteiger partial charge >= 0.3 is 0 Å². The molecular formula is C15H18. The Bertz CT molecular complexity index is 449. The first-order valence-electron chi connectivity index (χ1n) is 5.89. The first-order valence-corrected chi connectivity index (χ1v) is 5.89. The molecule has 1 unspecified atom stereocenters. The lowest BCUT2D eigenvalue weighted by Gasteiger charge is -2.14. The third-order valence-corrected chi connectivity index (χ3v) is 3.80. The summed E-state index contributed by atoms with van der Waals surface area (Å²) >= 11 is 0. The first-order chi connectivity index (χ1) is 7.05. The van der Waals surface area contributed by atoms with Crippen LogP contribution in [0.1, 0.15) is 48.9 Å². The van der Waals surface area contributed by atoms with Crippen molar-refractivity contribution >= 4 is 6.08 Å². The van der Waals surface area contributed by atoms with Crippen molar-refractivity contribution < 1.29 is 0 Å². The van der Waals surface area contributed by atoms with Crippen LogP contribution in [0.4, 0.5) is 0 Å². The van der Waals surface area contributed by atoms with E-state index >= 15 is 0 Å². The van der Waals surface area contributed by atoms with Gasteiger partial charge in [0.2, 0.25) is 0 Å². The topological polar surface area (TPSA) is 0 Å². The lowest BCUT2D eigenvalue weighted by Crippen LogP contribution is -2.09. The average molecular weight is 198 g/mol. The van der Waals surface area contributed by atoms with Crippen LogP contribution in [0.2, 0.25) is 0 Å². The first kappa shape index (κ1) is 9.21. The number of hydrogen-bond acceptors (Lipinski definition) is 0. The summed E-state index contributed by atoms with van der Waals surface area (Å²) in [6.45, 7) is 7.03. The van der Waals surface area contributed by atoms with Gasteiger partial charge in [-0.15, -0.1) is 0 Å². The number of hydrogen-bond donors (Lipinski definition) is 0. The standard InChI is InChI=1S/C15H18/c1-10-4-5-11-6-12-8-15(2,3)9-13(12)7-14(10)11/h4-7,10H,8-9H2,1-3H3. The SMILES string of the molecule is CC1C=Cc2cc3c(cc21)CC(C)(C)C3. The number of benzene rings is 1. The van der Waals surface area contributed by atoms with Crippen molar-refractivity contribution in [1.82, 2.24) is 0 Å². The molecule has 0 heteroatoms. The fraction of sp³-hybridized carbons (Fsp3) is 0.467. The Morgan fingerprint density at radius 1 is 1.13 bits per heavy atom. The van der Waals surface area contributed by atoms with E-state index in [2.05, 4.69) is 45.1 Å². The van der Waals surface area contributed by atoms with Gasteiger partial charge in [0.1, 0.15) is 0 Å². The molecule has 0 spiro atoms. The van der Waals surface area contributed by atoms with E-state index in [9.17, 15) is 0 Å². The van der Waals surface area contributed by atoms with E-state index in [1.807, 2.05) is 0 Å². The van der Waals surface area contributed by atoms with Gasteiger partial charge in [-0.2, -0.15) is 0 Å². The Morgan fingerprint density at radius 2 is 1.80 bits per heavy atom. The molecule has 3 rings (SSSR count). The molecule has 78 valence electrons. The molecule has 0 bridgehead atoms. The lowest BCUT2D eigenvalue weighted by atomic mass is 9.90. The van der Waals surface area contributed by atoms with Crippen LogP contribution >= 0.6 is 0 Å². The predicted molar refractivity (Wildman–Crippen MR) is 65.1 cm³/mol. The zero-order chi connectivity index (χ0) is 10.6. The largest absolute Gasteiger partial charge is 0.0767 e. The van der Waals surface area contributed by atoms with Crippen molar-refractivity contribution in [3.63, 3.8) is 0 Å². The van der Waals surface area contributed by atoms with Crippen molar-refractivity contribution in [3.05, 3.63) is 40.5 Å². The van der Waals surface area contributed by atoms with E-state index < -0.39 is 0 Å². The predicted octanol–water partition coefficient (Wildman–Crippen LogP) is 3.94. The van der Waals surface area contributed by atoms with E-state index in [0.29, 0.717) is 11.3 Å². The highest BCUT2D eigenvalue weighted by atomic mass is 14.3. The number of allylic oxidation sites excluding steroid dienone is 1. The van der Waals surface area contributed by atoms with E-state index in [1.165, 1.54) is 24.0 Å². The smallest absolute Gasteiger partial charge is 0.000107 e. The summed E-state index contributed by atoms with van der Waals surface area (Å²) in [4.78, 5) is 0. The van der Waals surface area contributed by atoms with Gasteiger partial charge in [0.15, 0.2) is 0 Å². The van der Waals surface area contributed by atoms with E-state index in [1.54, 1.807) is 11.1 Å². The Hall–Kier alpha value is -1.04. The van der Waals surface area contributed by atoms with Gasteiger partial charge in [0.05, 0.1) is 0 Å². The molecule has 0 aliphatic heterocycles. The van der Waals surface area contributed by atoms with Crippen LogP contribution in [0.15, 0.2) is 18.2 Å². The minimum Gasteiger partial charge on any atom is -0.0767 e. The summed E-state index contributed by atoms with van der Waals surface area (Å²) in [7, 11) is 0.